The van der Waals surface area contributed by atoms with Gasteiger partial charge in [-0.1, -0.05) is 48.5 Å². The fraction of sp³-hybridized carbons (Fsp3) is 0.250. The summed E-state index contributed by atoms with van der Waals surface area (Å²) in [6.07, 6.45) is -2.49. The number of ether oxygens (including phenoxy) is 2. The van der Waals surface area contributed by atoms with Crippen LogP contribution in [0.2, 0.25) is 0 Å². The molecule has 0 aliphatic carbocycles. The van der Waals surface area contributed by atoms with Crippen molar-refractivity contribution >= 4 is 34.6 Å². The van der Waals surface area contributed by atoms with Crippen LogP contribution in [0.25, 0.3) is 0 Å². The molecule has 3 atom stereocenters. The number of carbonyl (C=O) groups is 4. The van der Waals surface area contributed by atoms with Gasteiger partial charge in [0.1, 0.15) is 12.3 Å². The summed E-state index contributed by atoms with van der Waals surface area (Å²) < 4.78 is 11.1. The lowest BCUT2D eigenvalue weighted by Gasteiger charge is -2.43. The van der Waals surface area contributed by atoms with Crippen molar-refractivity contribution in [2.45, 2.75) is 39.0 Å². The van der Waals surface area contributed by atoms with Gasteiger partial charge < -0.3 is 9.47 Å². The van der Waals surface area contributed by atoms with Gasteiger partial charge in [0, 0.05) is 5.56 Å². The Morgan fingerprint density at radius 3 is 2.18 bits per heavy atom. The average molecular weight is 469 g/mol. The van der Waals surface area contributed by atoms with E-state index in [4.69, 9.17) is 21.1 Å². The number of rotatable bonds is 6. The number of hydrogen-bond donors (Lipinski definition) is 0. The predicted molar refractivity (Wildman–Crippen MR) is 117 cm³/mol. The van der Waals surface area contributed by atoms with E-state index >= 15 is 0 Å². The molecule has 0 saturated carbocycles. The van der Waals surface area contributed by atoms with Crippen LogP contribution >= 0.6 is 11.6 Å². The normalized spacial score (nSPS) is 21.2. The average Bonchev–Trinajstić information content (AvgIpc) is 3.17. The van der Waals surface area contributed by atoms with E-state index in [2.05, 4.69) is 0 Å². The second-order valence-corrected chi connectivity index (χ2v) is 8.20. The Kier molecular flexibility index (Phi) is 6.31. The number of nitrogens with zero attached hydrogens (tertiary/aromatic N) is 2. The predicted octanol–water partition coefficient (Wildman–Crippen LogP) is 2.82. The van der Waals surface area contributed by atoms with Crippen molar-refractivity contribution < 1.29 is 28.7 Å². The summed E-state index contributed by atoms with van der Waals surface area (Å²) >= 11 is 5.70. The van der Waals surface area contributed by atoms with Crippen molar-refractivity contribution in [3.05, 3.63) is 83.1 Å². The first kappa shape index (κ1) is 22.7. The number of benzene rings is 2. The van der Waals surface area contributed by atoms with Crippen LogP contribution in [-0.4, -0.2) is 51.3 Å². The Morgan fingerprint density at radius 1 is 1.00 bits per heavy atom. The molecule has 9 heteroatoms. The van der Waals surface area contributed by atoms with Crippen molar-refractivity contribution in [2.24, 2.45) is 0 Å². The zero-order valence-corrected chi connectivity index (χ0v) is 18.7. The first-order valence-corrected chi connectivity index (χ1v) is 10.6. The van der Waals surface area contributed by atoms with Crippen LogP contribution < -0.4 is 0 Å². The van der Waals surface area contributed by atoms with E-state index in [1.165, 1.54) is 0 Å². The van der Waals surface area contributed by atoms with E-state index in [1.54, 1.807) is 44.2 Å². The Hall–Kier alpha value is -3.49. The Morgan fingerprint density at radius 2 is 1.61 bits per heavy atom. The summed E-state index contributed by atoms with van der Waals surface area (Å²) in [6, 6.07) is 16.2. The summed E-state index contributed by atoms with van der Waals surface area (Å²) in [7, 11) is 0. The molecule has 0 aromatic heterocycles. The van der Waals surface area contributed by atoms with Gasteiger partial charge in [-0.3, -0.25) is 24.2 Å². The van der Waals surface area contributed by atoms with E-state index in [0.29, 0.717) is 5.57 Å². The molecule has 0 radical (unpaired) electrons. The molecule has 2 saturated heterocycles. The zero-order valence-electron chi connectivity index (χ0n) is 17.9. The minimum Gasteiger partial charge on any atom is -0.456 e. The summed E-state index contributed by atoms with van der Waals surface area (Å²) in [5.74, 6) is -1.84. The molecule has 2 amide bonds. The van der Waals surface area contributed by atoms with E-state index in [0.717, 1.165) is 15.4 Å². The molecule has 0 spiro atoms. The molecular weight excluding hydrogens is 448 g/mol. The molecular formula is C24H21ClN2O6. The number of β-lactam (4-membered cyclic amide) rings is 1. The Bertz CT molecular complexity index is 1130. The maximum atomic E-state index is 13.1. The molecule has 0 N–H and O–H groups in total. The van der Waals surface area contributed by atoms with E-state index in [-0.39, 0.29) is 17.9 Å². The van der Waals surface area contributed by atoms with Crippen LogP contribution in [0.1, 0.15) is 29.8 Å². The number of carbonyl (C=O) groups excluding carboxylic acids is 4. The number of halogens is 1. The molecule has 2 heterocycles. The second-order valence-electron chi connectivity index (χ2n) is 7.82. The lowest BCUT2D eigenvalue weighted by Crippen LogP contribution is -2.67. The molecule has 4 rings (SSSR count). The van der Waals surface area contributed by atoms with Crippen LogP contribution in [-0.2, 0) is 30.5 Å². The summed E-state index contributed by atoms with van der Waals surface area (Å²) in [5.41, 5.74) is 1.59. The molecule has 170 valence electrons. The van der Waals surface area contributed by atoms with E-state index in [1.807, 2.05) is 30.3 Å². The summed E-state index contributed by atoms with van der Waals surface area (Å²) in [4.78, 5) is 53.3. The fourth-order valence-electron chi connectivity index (χ4n) is 3.88. The molecule has 2 aliphatic heterocycles. The number of fused-ring (bicyclic) bond motifs is 1. The molecule has 0 bridgehead atoms. The lowest BCUT2D eigenvalue weighted by molar-refractivity contribution is -0.170. The van der Waals surface area contributed by atoms with Crippen molar-refractivity contribution in [3.8, 4) is 0 Å². The smallest absolute Gasteiger partial charge is 0.355 e. The van der Waals surface area contributed by atoms with E-state index < -0.39 is 41.5 Å². The third kappa shape index (κ3) is 4.15. The third-order valence-corrected chi connectivity index (χ3v) is 5.59. The largest absolute Gasteiger partial charge is 0.456 e. The van der Waals surface area contributed by atoms with Crippen LogP contribution in [0.3, 0.4) is 0 Å². The minimum atomic E-state index is -1.46. The van der Waals surface area contributed by atoms with E-state index in [9.17, 15) is 19.2 Å². The molecule has 2 aromatic rings. The molecule has 2 aliphatic rings. The first-order chi connectivity index (χ1) is 15.8. The SMILES string of the molecule is CC(C)=C(C(=O)OCc1ccccc1)N1C(=O)C2C1OC(C(=O)Cl)N2C(=O)c1ccccc1. The highest BCUT2D eigenvalue weighted by molar-refractivity contribution is 6.64. The highest BCUT2D eigenvalue weighted by atomic mass is 35.5. The second kappa shape index (κ2) is 9.17. The van der Waals surface area contributed by atoms with Gasteiger partial charge in [0.05, 0.1) is 0 Å². The number of amides is 2. The maximum absolute atomic E-state index is 13.1. The molecule has 33 heavy (non-hydrogen) atoms. The summed E-state index contributed by atoms with van der Waals surface area (Å²) in [5, 5.41) is -0.938. The van der Waals surface area contributed by atoms with Crippen LogP contribution in [0.5, 0.6) is 0 Å². The third-order valence-electron chi connectivity index (χ3n) is 5.41. The fourth-order valence-corrected chi connectivity index (χ4v) is 4.04. The van der Waals surface area contributed by atoms with Crippen molar-refractivity contribution in [3.63, 3.8) is 0 Å². The van der Waals surface area contributed by atoms with Gasteiger partial charge in [0.25, 0.3) is 17.1 Å². The number of allylic oxidation sites excluding steroid dienone is 1. The topological polar surface area (TPSA) is 93.2 Å². The molecule has 3 unspecified atom stereocenters. The van der Waals surface area contributed by atoms with Gasteiger partial charge in [0.2, 0.25) is 6.23 Å². The van der Waals surface area contributed by atoms with Crippen molar-refractivity contribution in [1.82, 2.24) is 9.80 Å². The maximum Gasteiger partial charge on any atom is 0.355 e. The van der Waals surface area contributed by atoms with Gasteiger partial charge in [-0.05, 0) is 48.7 Å². The minimum absolute atomic E-state index is 0.00645. The molecule has 8 nitrogen and oxygen atoms in total. The zero-order chi connectivity index (χ0) is 23.7. The van der Waals surface area contributed by atoms with Gasteiger partial charge in [-0.15, -0.1) is 0 Å². The first-order valence-electron chi connectivity index (χ1n) is 10.3. The van der Waals surface area contributed by atoms with Gasteiger partial charge in [0.15, 0.2) is 12.3 Å². The monoisotopic (exact) mass is 468 g/mol. The van der Waals surface area contributed by atoms with Gasteiger partial charge in [-0.2, -0.15) is 0 Å². The number of esters is 1. The quantitative estimate of drug-likeness (QED) is 0.280. The van der Waals surface area contributed by atoms with Crippen molar-refractivity contribution in [1.29, 1.82) is 0 Å². The van der Waals surface area contributed by atoms with Gasteiger partial charge >= 0.3 is 5.97 Å². The van der Waals surface area contributed by atoms with Crippen LogP contribution in [0, 0.1) is 0 Å². The highest BCUT2D eigenvalue weighted by Gasteiger charge is 2.64. The molecule has 2 fully saturated rings. The molecule has 2 aromatic carbocycles. The highest BCUT2D eigenvalue weighted by Crippen LogP contribution is 2.40. The van der Waals surface area contributed by atoms with Crippen molar-refractivity contribution in [2.75, 3.05) is 0 Å². The van der Waals surface area contributed by atoms with Gasteiger partial charge in [-0.25, -0.2) is 4.79 Å². The van der Waals surface area contributed by atoms with Crippen LogP contribution in [0.15, 0.2) is 71.9 Å². The summed E-state index contributed by atoms with van der Waals surface area (Å²) in [6.45, 7) is 3.34. The standard InChI is InChI=1S/C24H21ClN2O6/c1-14(2)17(24(31)32-13-15-9-5-3-6-10-15)26-21(30)18-22(26)33-23(19(25)28)27(18)20(29)16-11-7-4-8-12-16/h3-12,18,22-23H,13H2,1-2H3. The number of likely N-dealkylation sites (tertiary alicyclic amines) is 1. The van der Waals surface area contributed by atoms with Crippen LogP contribution in [0.4, 0.5) is 0 Å². The number of hydrogen-bond acceptors (Lipinski definition) is 6. The Balaban J connectivity index is 1.57. The lowest BCUT2D eigenvalue weighted by atomic mass is 10.00. The Labute approximate surface area is 195 Å².